The van der Waals surface area contributed by atoms with Crippen LogP contribution in [0.4, 0.5) is 10.1 Å². The Balaban J connectivity index is 2.29. The first-order valence-electron chi connectivity index (χ1n) is 5.09. The molecular weight excluding hydrogens is 321 g/mol. The van der Waals surface area contributed by atoms with Crippen LogP contribution < -0.4 is 4.74 Å². The van der Waals surface area contributed by atoms with Crippen LogP contribution in [0.2, 0.25) is 0 Å². The van der Waals surface area contributed by atoms with Crippen LogP contribution in [0.25, 0.3) is 0 Å². The van der Waals surface area contributed by atoms with E-state index in [9.17, 15) is 14.5 Å². The number of nitrogens with zero attached hydrogens (tertiary/aromatic N) is 3. The molecule has 0 amide bonds. The summed E-state index contributed by atoms with van der Waals surface area (Å²) in [6.45, 7) is 0. The number of benzene rings is 1. The summed E-state index contributed by atoms with van der Waals surface area (Å²) in [5.74, 6) is -0.826. The molecule has 1 heterocycles. The van der Waals surface area contributed by atoms with Crippen molar-refractivity contribution < 1.29 is 14.1 Å². The second-order valence-corrected chi connectivity index (χ2v) is 4.04. The van der Waals surface area contributed by atoms with Gasteiger partial charge >= 0.3 is 11.7 Å². The molecule has 98 valence electrons. The van der Waals surface area contributed by atoms with E-state index >= 15 is 0 Å². The fourth-order valence-corrected chi connectivity index (χ4v) is 1.57. The molecule has 0 aliphatic rings. The van der Waals surface area contributed by atoms with E-state index in [1.54, 1.807) is 0 Å². The molecule has 8 heteroatoms. The third-order valence-corrected chi connectivity index (χ3v) is 2.80. The minimum absolute atomic E-state index is 0.0422. The highest BCUT2D eigenvalue weighted by atomic mass is 79.9. The fourth-order valence-electron chi connectivity index (χ4n) is 1.28. The first kappa shape index (κ1) is 13.3. The summed E-state index contributed by atoms with van der Waals surface area (Å²) in [6.07, 6.45) is 3.04. The van der Waals surface area contributed by atoms with Crippen LogP contribution in [0.3, 0.4) is 0 Å². The molecule has 0 saturated carbocycles. The Bertz CT molecular complexity index is 607. The molecule has 0 spiro atoms. The molecule has 0 aliphatic carbocycles. The van der Waals surface area contributed by atoms with Gasteiger partial charge < -0.3 is 4.74 Å². The predicted molar refractivity (Wildman–Crippen MR) is 67.8 cm³/mol. The van der Waals surface area contributed by atoms with E-state index in [4.69, 9.17) is 4.74 Å². The lowest BCUT2D eigenvalue weighted by atomic mass is 10.3. The summed E-state index contributed by atoms with van der Waals surface area (Å²) >= 11 is 3.24. The quantitative estimate of drug-likeness (QED) is 0.489. The Morgan fingerprint density at radius 3 is 2.63 bits per heavy atom. The molecule has 1 aromatic carbocycles. The number of aromatic nitrogens is 2. The van der Waals surface area contributed by atoms with E-state index in [-0.39, 0.29) is 11.8 Å². The van der Waals surface area contributed by atoms with Gasteiger partial charge in [0.25, 0.3) is 0 Å². The predicted octanol–water partition coefficient (Wildman–Crippen LogP) is 3.21. The SMILES string of the molecule is O=[N+]([O-])c1cc(F)ccc1Oc1ncc(CBr)cn1. The lowest BCUT2D eigenvalue weighted by Gasteiger charge is -2.04. The third kappa shape index (κ3) is 3.22. The van der Waals surface area contributed by atoms with Crippen LogP contribution in [-0.4, -0.2) is 14.9 Å². The van der Waals surface area contributed by atoms with Gasteiger partial charge in [0.15, 0.2) is 0 Å². The lowest BCUT2D eigenvalue weighted by molar-refractivity contribution is -0.385. The Kier molecular flexibility index (Phi) is 4.00. The van der Waals surface area contributed by atoms with Crippen LogP contribution in [0, 0.1) is 15.9 Å². The highest BCUT2D eigenvalue weighted by Gasteiger charge is 2.17. The Morgan fingerprint density at radius 1 is 1.37 bits per heavy atom. The van der Waals surface area contributed by atoms with Gasteiger partial charge in [0.2, 0.25) is 5.75 Å². The summed E-state index contributed by atoms with van der Waals surface area (Å²) in [5, 5.41) is 11.4. The van der Waals surface area contributed by atoms with E-state index < -0.39 is 16.4 Å². The lowest BCUT2D eigenvalue weighted by Crippen LogP contribution is -1.97. The molecule has 19 heavy (non-hydrogen) atoms. The molecule has 0 bridgehead atoms. The largest absolute Gasteiger partial charge is 0.417 e. The van der Waals surface area contributed by atoms with Gasteiger partial charge in [-0.05, 0) is 17.7 Å². The van der Waals surface area contributed by atoms with E-state index in [0.717, 1.165) is 23.8 Å². The number of halogens is 2. The Labute approximate surface area is 115 Å². The summed E-state index contributed by atoms with van der Waals surface area (Å²) < 4.78 is 18.1. The van der Waals surface area contributed by atoms with Crippen molar-refractivity contribution in [3.63, 3.8) is 0 Å². The minimum Gasteiger partial charge on any atom is -0.417 e. The summed E-state index contributed by atoms with van der Waals surface area (Å²) in [7, 11) is 0. The van der Waals surface area contributed by atoms with E-state index in [0.29, 0.717) is 5.33 Å². The van der Waals surface area contributed by atoms with Gasteiger partial charge in [0.05, 0.1) is 11.0 Å². The van der Waals surface area contributed by atoms with E-state index in [2.05, 4.69) is 25.9 Å². The summed E-state index contributed by atoms with van der Waals surface area (Å²) in [6, 6.07) is 2.96. The molecule has 1 aromatic heterocycles. The molecule has 2 rings (SSSR count). The van der Waals surface area contributed by atoms with Gasteiger partial charge in [-0.2, -0.15) is 0 Å². The molecule has 0 aliphatic heterocycles. The highest BCUT2D eigenvalue weighted by Crippen LogP contribution is 2.30. The average Bonchev–Trinajstić information content (AvgIpc) is 2.41. The number of hydrogen-bond acceptors (Lipinski definition) is 5. The zero-order valence-electron chi connectivity index (χ0n) is 9.42. The molecule has 6 nitrogen and oxygen atoms in total. The second kappa shape index (κ2) is 5.70. The Hall–Kier alpha value is -2.09. The number of alkyl halides is 1. The summed E-state index contributed by atoms with van der Waals surface area (Å²) in [5.41, 5.74) is 0.356. The smallest absolute Gasteiger partial charge is 0.322 e. The van der Waals surface area contributed by atoms with Gasteiger partial charge in [-0.3, -0.25) is 10.1 Å². The maximum atomic E-state index is 12.9. The second-order valence-electron chi connectivity index (χ2n) is 3.48. The first-order valence-corrected chi connectivity index (χ1v) is 6.21. The van der Waals surface area contributed by atoms with Gasteiger partial charge in [-0.1, -0.05) is 15.9 Å². The maximum absolute atomic E-state index is 12.9. The number of hydrogen-bond donors (Lipinski definition) is 0. The normalized spacial score (nSPS) is 10.2. The van der Waals surface area contributed by atoms with Crippen molar-refractivity contribution in [1.82, 2.24) is 9.97 Å². The molecule has 0 fully saturated rings. The molecule has 0 saturated heterocycles. The molecule has 0 unspecified atom stereocenters. The van der Waals surface area contributed by atoms with Crippen molar-refractivity contribution in [1.29, 1.82) is 0 Å². The van der Waals surface area contributed by atoms with E-state index in [1.807, 2.05) is 0 Å². The van der Waals surface area contributed by atoms with Gasteiger partial charge in [-0.25, -0.2) is 14.4 Å². The fraction of sp³-hybridized carbons (Fsp3) is 0.0909. The van der Waals surface area contributed by atoms with Crippen molar-refractivity contribution >= 4 is 21.6 Å². The summed E-state index contributed by atoms with van der Waals surface area (Å²) in [4.78, 5) is 17.8. The van der Waals surface area contributed by atoms with Crippen molar-refractivity contribution in [2.75, 3.05) is 0 Å². The van der Waals surface area contributed by atoms with Gasteiger partial charge in [0.1, 0.15) is 5.82 Å². The van der Waals surface area contributed by atoms with Gasteiger partial charge in [0, 0.05) is 17.7 Å². The maximum Gasteiger partial charge on any atom is 0.322 e. The number of ether oxygens (including phenoxy) is 1. The standard InChI is InChI=1S/C11H7BrFN3O3/c12-4-7-5-14-11(15-6-7)19-10-2-1-8(13)3-9(10)16(17)18/h1-3,5-6H,4H2. The molecule has 0 atom stereocenters. The van der Waals surface area contributed by atoms with Crippen molar-refractivity contribution in [3.05, 3.63) is 52.1 Å². The minimum atomic E-state index is -0.731. The number of nitro groups is 1. The van der Waals surface area contributed by atoms with E-state index in [1.165, 1.54) is 12.4 Å². The van der Waals surface area contributed by atoms with Crippen LogP contribution >= 0.6 is 15.9 Å². The monoisotopic (exact) mass is 327 g/mol. The Morgan fingerprint density at radius 2 is 2.05 bits per heavy atom. The zero-order chi connectivity index (χ0) is 13.8. The molecule has 0 N–H and O–H groups in total. The van der Waals surface area contributed by atoms with Crippen LogP contribution in [-0.2, 0) is 5.33 Å². The first-order chi connectivity index (χ1) is 9.10. The average molecular weight is 328 g/mol. The third-order valence-electron chi connectivity index (χ3n) is 2.15. The van der Waals surface area contributed by atoms with Crippen molar-refractivity contribution in [3.8, 4) is 11.8 Å². The van der Waals surface area contributed by atoms with Crippen molar-refractivity contribution in [2.24, 2.45) is 0 Å². The zero-order valence-corrected chi connectivity index (χ0v) is 11.0. The molecule has 2 aromatic rings. The number of rotatable bonds is 4. The topological polar surface area (TPSA) is 78.2 Å². The highest BCUT2D eigenvalue weighted by molar-refractivity contribution is 9.08. The van der Waals surface area contributed by atoms with Crippen LogP contribution in [0.1, 0.15) is 5.56 Å². The van der Waals surface area contributed by atoms with Crippen LogP contribution in [0.5, 0.6) is 11.8 Å². The molecular formula is C11H7BrFN3O3. The van der Waals surface area contributed by atoms with Gasteiger partial charge in [-0.15, -0.1) is 0 Å². The molecule has 0 radical (unpaired) electrons. The van der Waals surface area contributed by atoms with Crippen LogP contribution in [0.15, 0.2) is 30.6 Å². The number of nitro benzene ring substituents is 1. The van der Waals surface area contributed by atoms with Crippen molar-refractivity contribution in [2.45, 2.75) is 5.33 Å².